The minimum Gasteiger partial charge on any atom is -0.493 e. The van der Waals surface area contributed by atoms with Gasteiger partial charge in [0.25, 0.3) is 0 Å². The molecule has 1 heterocycles. The molecule has 104 valence electrons. The third-order valence-corrected chi connectivity index (χ3v) is 2.79. The topological polar surface area (TPSA) is 60.7 Å². The van der Waals surface area contributed by atoms with Crippen LogP contribution in [0.3, 0.4) is 0 Å². The Morgan fingerprint density at radius 1 is 1.20 bits per heavy atom. The van der Waals surface area contributed by atoms with Gasteiger partial charge in [0.1, 0.15) is 5.58 Å². The number of hydrogen-bond donors (Lipinski definition) is 1. The standard InChI is InChI=1S/C15H15NO4/c1-4-5-6-16-11-8-15(17)20-12-9-14(19-3)13(18-2)7-10(11)12/h7-9,16H,6H2,1-3H3. The lowest BCUT2D eigenvalue weighted by molar-refractivity contribution is 0.355. The molecule has 0 radical (unpaired) electrons. The van der Waals surface area contributed by atoms with E-state index in [2.05, 4.69) is 17.2 Å². The van der Waals surface area contributed by atoms with Crippen LogP contribution in [0.15, 0.2) is 27.4 Å². The fourth-order valence-corrected chi connectivity index (χ4v) is 1.86. The summed E-state index contributed by atoms with van der Waals surface area (Å²) < 4.78 is 15.6. The minimum atomic E-state index is -0.434. The quantitative estimate of drug-likeness (QED) is 0.684. The highest BCUT2D eigenvalue weighted by molar-refractivity contribution is 5.92. The SMILES string of the molecule is CC#CCNc1cc(=O)oc2cc(OC)c(OC)cc12. The number of rotatable bonds is 4. The molecular formula is C15H15NO4. The summed E-state index contributed by atoms with van der Waals surface area (Å²) in [6.07, 6.45) is 0. The number of fused-ring (bicyclic) bond motifs is 1. The maximum atomic E-state index is 11.6. The van der Waals surface area contributed by atoms with Gasteiger partial charge in [0.15, 0.2) is 11.5 Å². The number of nitrogens with one attached hydrogen (secondary N) is 1. The molecule has 20 heavy (non-hydrogen) atoms. The summed E-state index contributed by atoms with van der Waals surface area (Å²) in [4.78, 5) is 11.6. The van der Waals surface area contributed by atoms with Crippen molar-refractivity contribution in [2.24, 2.45) is 0 Å². The Kier molecular flexibility index (Phi) is 4.16. The monoisotopic (exact) mass is 273 g/mol. The number of ether oxygens (including phenoxy) is 2. The summed E-state index contributed by atoms with van der Waals surface area (Å²) in [5, 5.41) is 3.82. The van der Waals surface area contributed by atoms with E-state index in [0.717, 1.165) is 5.39 Å². The van der Waals surface area contributed by atoms with Gasteiger partial charge in [-0.05, 0) is 13.0 Å². The number of benzene rings is 1. The number of hydrogen-bond acceptors (Lipinski definition) is 5. The van der Waals surface area contributed by atoms with Gasteiger partial charge in [0, 0.05) is 17.5 Å². The summed E-state index contributed by atoms with van der Waals surface area (Å²) in [6, 6.07) is 4.79. The highest BCUT2D eigenvalue weighted by atomic mass is 16.5. The second-order valence-electron chi connectivity index (χ2n) is 3.96. The van der Waals surface area contributed by atoms with Gasteiger partial charge in [-0.1, -0.05) is 5.92 Å². The van der Waals surface area contributed by atoms with Gasteiger partial charge in [-0.2, -0.15) is 0 Å². The van der Waals surface area contributed by atoms with Gasteiger partial charge >= 0.3 is 5.63 Å². The van der Waals surface area contributed by atoms with Crippen LogP contribution in [-0.4, -0.2) is 20.8 Å². The number of anilines is 1. The molecule has 0 spiro atoms. The molecule has 1 aromatic heterocycles. The van der Waals surface area contributed by atoms with Crippen molar-refractivity contribution >= 4 is 16.7 Å². The minimum absolute atomic E-state index is 0.433. The van der Waals surface area contributed by atoms with Crippen molar-refractivity contribution in [3.8, 4) is 23.3 Å². The summed E-state index contributed by atoms with van der Waals surface area (Å²) >= 11 is 0. The van der Waals surface area contributed by atoms with Crippen LogP contribution >= 0.6 is 0 Å². The Hall–Kier alpha value is -2.61. The van der Waals surface area contributed by atoms with Crippen molar-refractivity contribution in [2.75, 3.05) is 26.1 Å². The van der Waals surface area contributed by atoms with E-state index in [4.69, 9.17) is 13.9 Å². The largest absolute Gasteiger partial charge is 0.493 e. The molecule has 0 fully saturated rings. The first-order valence-corrected chi connectivity index (χ1v) is 6.03. The molecule has 0 bridgehead atoms. The third kappa shape index (κ3) is 2.69. The molecule has 5 nitrogen and oxygen atoms in total. The van der Waals surface area contributed by atoms with Gasteiger partial charge < -0.3 is 19.2 Å². The second-order valence-corrected chi connectivity index (χ2v) is 3.96. The van der Waals surface area contributed by atoms with E-state index >= 15 is 0 Å². The fourth-order valence-electron chi connectivity index (χ4n) is 1.86. The van der Waals surface area contributed by atoms with Crippen molar-refractivity contribution in [1.29, 1.82) is 0 Å². The van der Waals surface area contributed by atoms with Crippen molar-refractivity contribution in [3.05, 3.63) is 28.6 Å². The van der Waals surface area contributed by atoms with E-state index in [-0.39, 0.29) is 0 Å². The molecule has 0 saturated carbocycles. The van der Waals surface area contributed by atoms with Crippen LogP contribution in [0.25, 0.3) is 11.0 Å². The van der Waals surface area contributed by atoms with Crippen molar-refractivity contribution < 1.29 is 13.9 Å². The molecule has 0 atom stereocenters. The molecule has 1 aromatic carbocycles. The first kappa shape index (κ1) is 13.8. The average Bonchev–Trinajstić information content (AvgIpc) is 2.45. The molecule has 0 aliphatic carbocycles. The summed E-state index contributed by atoms with van der Waals surface area (Å²) in [5.41, 5.74) is 0.652. The van der Waals surface area contributed by atoms with Gasteiger partial charge in [-0.15, -0.1) is 5.92 Å². The lowest BCUT2D eigenvalue weighted by Crippen LogP contribution is -2.05. The Morgan fingerprint density at radius 3 is 2.55 bits per heavy atom. The van der Waals surface area contributed by atoms with Crippen LogP contribution < -0.4 is 20.4 Å². The van der Waals surface area contributed by atoms with Gasteiger partial charge in [-0.3, -0.25) is 0 Å². The van der Waals surface area contributed by atoms with Crippen LogP contribution in [0, 0.1) is 11.8 Å². The third-order valence-electron chi connectivity index (χ3n) is 2.79. The molecular weight excluding hydrogens is 258 g/mol. The van der Waals surface area contributed by atoms with Crippen LogP contribution in [0.2, 0.25) is 0 Å². The Bertz CT molecular complexity index is 737. The van der Waals surface area contributed by atoms with Crippen molar-refractivity contribution in [3.63, 3.8) is 0 Å². The normalized spacial score (nSPS) is 9.75. The second kappa shape index (κ2) is 6.02. The van der Waals surface area contributed by atoms with E-state index in [1.165, 1.54) is 13.2 Å². The Labute approximate surface area is 116 Å². The molecule has 0 amide bonds. The van der Waals surface area contributed by atoms with Gasteiger partial charge in [0.2, 0.25) is 0 Å². The average molecular weight is 273 g/mol. The molecule has 0 aliphatic rings. The van der Waals surface area contributed by atoms with Crippen molar-refractivity contribution in [1.82, 2.24) is 0 Å². The fraction of sp³-hybridized carbons (Fsp3) is 0.267. The van der Waals surface area contributed by atoms with Gasteiger partial charge in [-0.25, -0.2) is 4.79 Å². The predicted octanol–water partition coefficient (Wildman–Crippen LogP) is 2.25. The molecule has 0 aliphatic heterocycles. The Morgan fingerprint density at radius 2 is 1.90 bits per heavy atom. The summed E-state index contributed by atoms with van der Waals surface area (Å²) in [7, 11) is 3.08. The molecule has 0 unspecified atom stereocenters. The maximum absolute atomic E-state index is 11.6. The molecule has 5 heteroatoms. The lowest BCUT2D eigenvalue weighted by Gasteiger charge is -2.11. The summed E-state index contributed by atoms with van der Waals surface area (Å²) in [5.74, 6) is 6.74. The van der Waals surface area contributed by atoms with Crippen LogP contribution in [-0.2, 0) is 0 Å². The highest BCUT2D eigenvalue weighted by Crippen LogP contribution is 2.34. The zero-order valence-electron chi connectivity index (χ0n) is 11.6. The van der Waals surface area contributed by atoms with Gasteiger partial charge in [0.05, 0.1) is 26.5 Å². The highest BCUT2D eigenvalue weighted by Gasteiger charge is 2.11. The van der Waals surface area contributed by atoms with E-state index in [1.807, 2.05) is 0 Å². The molecule has 2 aromatic rings. The van der Waals surface area contributed by atoms with E-state index < -0.39 is 5.63 Å². The summed E-state index contributed by atoms with van der Waals surface area (Å²) in [6.45, 7) is 2.20. The predicted molar refractivity (Wildman–Crippen MR) is 77.5 cm³/mol. The lowest BCUT2D eigenvalue weighted by atomic mass is 10.2. The smallest absolute Gasteiger partial charge is 0.338 e. The maximum Gasteiger partial charge on any atom is 0.338 e. The Balaban J connectivity index is 2.60. The van der Waals surface area contributed by atoms with E-state index in [9.17, 15) is 4.79 Å². The molecule has 0 saturated heterocycles. The first-order chi connectivity index (χ1) is 9.69. The molecule has 1 N–H and O–H groups in total. The van der Waals surface area contributed by atoms with Crippen LogP contribution in [0.4, 0.5) is 5.69 Å². The van der Waals surface area contributed by atoms with Crippen LogP contribution in [0.5, 0.6) is 11.5 Å². The van der Waals surface area contributed by atoms with E-state index in [1.54, 1.807) is 26.2 Å². The number of methoxy groups -OCH3 is 2. The first-order valence-electron chi connectivity index (χ1n) is 6.03. The zero-order chi connectivity index (χ0) is 14.5. The van der Waals surface area contributed by atoms with E-state index in [0.29, 0.717) is 29.3 Å². The van der Waals surface area contributed by atoms with Crippen molar-refractivity contribution in [2.45, 2.75) is 6.92 Å². The van der Waals surface area contributed by atoms with Crippen LogP contribution in [0.1, 0.15) is 6.92 Å². The zero-order valence-corrected chi connectivity index (χ0v) is 11.6. The molecule has 2 rings (SSSR count).